The van der Waals surface area contributed by atoms with Crippen LogP contribution in [0.15, 0.2) is 23.2 Å². The third-order valence-corrected chi connectivity index (χ3v) is 4.35. The highest BCUT2D eigenvalue weighted by molar-refractivity contribution is 7.89. The zero-order valence-corrected chi connectivity index (χ0v) is 16.7. The molecule has 8 heteroatoms. The van der Waals surface area contributed by atoms with Gasteiger partial charge in [-0.05, 0) is 36.6 Å². The van der Waals surface area contributed by atoms with E-state index in [-0.39, 0.29) is 12.3 Å². The summed E-state index contributed by atoms with van der Waals surface area (Å²) in [6, 6.07) is 4.11. The van der Waals surface area contributed by atoms with E-state index in [4.69, 9.17) is 4.74 Å². The van der Waals surface area contributed by atoms with E-state index < -0.39 is 15.7 Å². The third kappa shape index (κ3) is 9.72. The van der Waals surface area contributed by atoms with E-state index in [1.807, 2.05) is 6.92 Å². The van der Waals surface area contributed by atoms with Gasteiger partial charge in [-0.2, -0.15) is 0 Å². The lowest BCUT2D eigenvalue weighted by Gasteiger charge is -2.12. The molecule has 0 aliphatic rings. The van der Waals surface area contributed by atoms with Crippen LogP contribution in [0.3, 0.4) is 0 Å². The molecule has 0 radical (unpaired) electrons. The number of nitrogens with zero attached hydrogens (tertiary/aromatic N) is 1. The molecule has 0 heterocycles. The lowest BCUT2D eigenvalue weighted by Crippen LogP contribution is -2.39. The zero-order valence-electron chi connectivity index (χ0n) is 15.8. The molecule has 0 saturated heterocycles. The molecule has 26 heavy (non-hydrogen) atoms. The Morgan fingerprint density at radius 1 is 1.19 bits per heavy atom. The lowest BCUT2D eigenvalue weighted by molar-refractivity contribution is 0.136. The van der Waals surface area contributed by atoms with E-state index in [0.717, 1.165) is 25.7 Å². The summed E-state index contributed by atoms with van der Waals surface area (Å²) in [6.07, 6.45) is 3.30. The van der Waals surface area contributed by atoms with Crippen LogP contribution in [0.1, 0.15) is 37.8 Å². The molecule has 0 amide bonds. The van der Waals surface area contributed by atoms with E-state index in [9.17, 15) is 12.8 Å². The van der Waals surface area contributed by atoms with Crippen molar-refractivity contribution >= 4 is 15.8 Å². The first-order chi connectivity index (χ1) is 12.4. The molecule has 0 spiro atoms. The molecular formula is C18H30FN3O3S. The smallest absolute Gasteiger partial charge is 0.191 e. The number of unbranched alkanes of at least 4 members (excludes halogenated alkanes) is 1. The molecule has 0 bridgehead atoms. The number of sulfone groups is 1. The minimum Gasteiger partial charge on any atom is -0.380 e. The Balaban J connectivity index is 2.71. The molecule has 2 N–H and O–H groups in total. The fourth-order valence-corrected chi connectivity index (χ4v) is 3.11. The van der Waals surface area contributed by atoms with Gasteiger partial charge >= 0.3 is 0 Å². The Labute approximate surface area is 156 Å². The number of guanidine groups is 1. The molecule has 0 fully saturated rings. The van der Waals surface area contributed by atoms with Crippen LogP contribution >= 0.6 is 0 Å². The Morgan fingerprint density at radius 2 is 1.96 bits per heavy atom. The fourth-order valence-electron chi connectivity index (χ4n) is 2.26. The highest BCUT2D eigenvalue weighted by Crippen LogP contribution is 2.15. The van der Waals surface area contributed by atoms with Crippen LogP contribution in [0.2, 0.25) is 0 Å². The summed E-state index contributed by atoms with van der Waals surface area (Å²) in [7, 11) is -3.21. The molecular weight excluding hydrogens is 357 g/mol. The summed E-state index contributed by atoms with van der Waals surface area (Å²) in [4.78, 5) is 4.43. The van der Waals surface area contributed by atoms with E-state index in [2.05, 4.69) is 22.5 Å². The van der Waals surface area contributed by atoms with Gasteiger partial charge in [0.15, 0.2) is 15.8 Å². The van der Waals surface area contributed by atoms with Gasteiger partial charge in [0.2, 0.25) is 0 Å². The number of aliphatic imine (C=N–C) groups is 1. The van der Waals surface area contributed by atoms with Gasteiger partial charge in [0.1, 0.15) is 5.82 Å². The van der Waals surface area contributed by atoms with Gasteiger partial charge in [-0.15, -0.1) is 0 Å². The van der Waals surface area contributed by atoms with Crippen molar-refractivity contribution < 1.29 is 17.5 Å². The average molecular weight is 388 g/mol. The first-order valence-corrected chi connectivity index (χ1v) is 11.0. The van der Waals surface area contributed by atoms with Crippen molar-refractivity contribution in [3.05, 3.63) is 35.1 Å². The standard InChI is InChI=1S/C18H30FN3O3S/c1-4-6-10-25-11-9-21-18(20-5-2)22-13-16-12-17(19)8-7-15(16)14-26(3,23)24/h7-8,12H,4-6,9-11,13-14H2,1-3H3,(H2,20,21,22). The van der Waals surface area contributed by atoms with E-state index >= 15 is 0 Å². The number of rotatable bonds is 11. The SMILES string of the molecule is CCCCOCCNC(=NCc1cc(F)ccc1CS(C)(=O)=O)NCC. The highest BCUT2D eigenvalue weighted by Gasteiger charge is 2.10. The monoisotopic (exact) mass is 387 g/mol. The van der Waals surface area contributed by atoms with E-state index in [1.54, 1.807) is 0 Å². The zero-order chi connectivity index (χ0) is 19.4. The number of halogens is 1. The molecule has 0 aliphatic heterocycles. The predicted octanol–water partition coefficient (Wildman–Crippen LogP) is 2.24. The van der Waals surface area contributed by atoms with Crippen LogP contribution in [-0.4, -0.2) is 46.9 Å². The molecule has 0 aromatic heterocycles. The van der Waals surface area contributed by atoms with Gasteiger partial charge < -0.3 is 15.4 Å². The van der Waals surface area contributed by atoms with Gasteiger partial charge in [-0.3, -0.25) is 0 Å². The number of ether oxygens (including phenoxy) is 1. The second-order valence-electron chi connectivity index (χ2n) is 6.07. The molecule has 1 rings (SSSR count). The Kier molecular flexibility index (Phi) is 10.2. The predicted molar refractivity (Wildman–Crippen MR) is 103 cm³/mol. The molecule has 0 atom stereocenters. The van der Waals surface area contributed by atoms with Gasteiger partial charge in [0, 0.05) is 26.0 Å². The van der Waals surface area contributed by atoms with Crippen LogP contribution in [0, 0.1) is 5.82 Å². The summed E-state index contributed by atoms with van der Waals surface area (Å²) in [5.74, 6) is 0.0452. The second kappa shape index (κ2) is 11.9. The van der Waals surface area contributed by atoms with Crippen molar-refractivity contribution in [1.82, 2.24) is 10.6 Å². The summed E-state index contributed by atoms with van der Waals surface area (Å²) in [6.45, 7) is 6.85. The third-order valence-electron chi connectivity index (χ3n) is 3.52. The topological polar surface area (TPSA) is 79.8 Å². The Hall–Kier alpha value is -1.67. The maximum absolute atomic E-state index is 13.6. The van der Waals surface area contributed by atoms with Gasteiger partial charge in [0.25, 0.3) is 0 Å². The number of hydrogen-bond donors (Lipinski definition) is 2. The number of hydrogen-bond acceptors (Lipinski definition) is 4. The molecule has 0 saturated carbocycles. The Bertz CT molecular complexity index is 678. The van der Waals surface area contributed by atoms with Crippen molar-refractivity contribution in [3.63, 3.8) is 0 Å². The van der Waals surface area contributed by atoms with E-state index in [1.165, 1.54) is 18.2 Å². The largest absolute Gasteiger partial charge is 0.380 e. The van der Waals surface area contributed by atoms with Crippen LogP contribution in [0.5, 0.6) is 0 Å². The molecule has 0 aliphatic carbocycles. The Morgan fingerprint density at radius 3 is 2.62 bits per heavy atom. The van der Waals surface area contributed by atoms with Crippen molar-refractivity contribution in [2.24, 2.45) is 4.99 Å². The van der Waals surface area contributed by atoms with E-state index in [0.29, 0.717) is 36.8 Å². The lowest BCUT2D eigenvalue weighted by atomic mass is 10.1. The highest BCUT2D eigenvalue weighted by atomic mass is 32.2. The minimum atomic E-state index is -3.21. The molecule has 0 unspecified atom stereocenters. The van der Waals surface area contributed by atoms with Crippen molar-refractivity contribution in [3.8, 4) is 0 Å². The molecule has 1 aromatic carbocycles. The van der Waals surface area contributed by atoms with Gasteiger partial charge in [-0.1, -0.05) is 19.4 Å². The second-order valence-corrected chi connectivity index (χ2v) is 8.21. The fraction of sp³-hybridized carbons (Fsp3) is 0.611. The van der Waals surface area contributed by atoms with Crippen LogP contribution in [0.4, 0.5) is 4.39 Å². The quantitative estimate of drug-likeness (QED) is 0.346. The first kappa shape index (κ1) is 22.4. The van der Waals surface area contributed by atoms with Crippen LogP contribution in [0.25, 0.3) is 0 Å². The maximum atomic E-state index is 13.6. The minimum absolute atomic E-state index is 0.132. The molecule has 148 valence electrons. The summed E-state index contributed by atoms with van der Waals surface area (Å²) in [5.41, 5.74) is 1.13. The summed E-state index contributed by atoms with van der Waals surface area (Å²) in [5, 5.41) is 6.26. The van der Waals surface area contributed by atoms with Gasteiger partial charge in [-0.25, -0.2) is 17.8 Å². The average Bonchev–Trinajstić information content (AvgIpc) is 2.56. The molecule has 6 nitrogen and oxygen atoms in total. The number of benzene rings is 1. The van der Waals surface area contributed by atoms with Crippen molar-refractivity contribution in [1.29, 1.82) is 0 Å². The van der Waals surface area contributed by atoms with Gasteiger partial charge in [0.05, 0.1) is 18.9 Å². The van der Waals surface area contributed by atoms with Crippen LogP contribution < -0.4 is 10.6 Å². The summed E-state index contributed by atoms with van der Waals surface area (Å²) >= 11 is 0. The summed E-state index contributed by atoms with van der Waals surface area (Å²) < 4.78 is 42.2. The number of nitrogens with one attached hydrogen (secondary N) is 2. The van der Waals surface area contributed by atoms with Crippen molar-refractivity contribution in [2.75, 3.05) is 32.6 Å². The normalized spacial score (nSPS) is 12.2. The molecule has 1 aromatic rings. The first-order valence-electron chi connectivity index (χ1n) is 8.90. The van der Waals surface area contributed by atoms with Crippen LogP contribution in [-0.2, 0) is 26.9 Å². The van der Waals surface area contributed by atoms with Crippen molar-refractivity contribution in [2.45, 2.75) is 39.0 Å². The maximum Gasteiger partial charge on any atom is 0.191 e.